The zero-order chi connectivity index (χ0) is 27.1. The summed E-state index contributed by atoms with van der Waals surface area (Å²) in [6, 6.07) is 20.5. The summed E-state index contributed by atoms with van der Waals surface area (Å²) in [7, 11) is 1.58. The fourth-order valence-electron chi connectivity index (χ4n) is 5.52. The molecule has 1 aliphatic heterocycles. The van der Waals surface area contributed by atoms with Gasteiger partial charge in [0, 0.05) is 36.6 Å². The van der Waals surface area contributed by atoms with Gasteiger partial charge in [-0.3, -0.25) is 14.4 Å². The molecule has 0 unspecified atom stereocenters. The molecule has 2 aromatic heterocycles. The van der Waals surface area contributed by atoms with E-state index in [1.54, 1.807) is 53.0 Å². The number of aromatic nitrogens is 3. The first-order valence-electron chi connectivity index (χ1n) is 13.0. The number of benzene rings is 2. The molecule has 6 rings (SSSR count). The summed E-state index contributed by atoms with van der Waals surface area (Å²) in [4.78, 5) is 39.8. The van der Waals surface area contributed by atoms with Gasteiger partial charge in [0.25, 0.3) is 11.8 Å². The Morgan fingerprint density at radius 3 is 2.36 bits per heavy atom. The zero-order valence-corrected chi connectivity index (χ0v) is 21.7. The van der Waals surface area contributed by atoms with E-state index in [1.165, 1.54) is 10.2 Å². The molecule has 9 nitrogen and oxygen atoms in total. The Morgan fingerprint density at radius 1 is 1.00 bits per heavy atom. The number of fused-ring (bicyclic) bond motifs is 1. The summed E-state index contributed by atoms with van der Waals surface area (Å²) < 4.78 is 8.50. The molecule has 3 heterocycles. The van der Waals surface area contributed by atoms with Gasteiger partial charge < -0.3 is 19.9 Å². The minimum atomic E-state index is -0.656. The van der Waals surface area contributed by atoms with Gasteiger partial charge in [-0.15, -0.1) is 0 Å². The summed E-state index contributed by atoms with van der Waals surface area (Å²) in [5.74, 6) is -0.215. The number of carbonyl (C=O) groups is 2. The fourth-order valence-corrected chi connectivity index (χ4v) is 5.52. The molecule has 39 heavy (non-hydrogen) atoms. The van der Waals surface area contributed by atoms with Gasteiger partial charge in [-0.2, -0.15) is 5.10 Å². The number of hydrogen-bond donors (Lipinski definition) is 1. The van der Waals surface area contributed by atoms with E-state index in [2.05, 4.69) is 17.2 Å². The summed E-state index contributed by atoms with van der Waals surface area (Å²) in [6.45, 7) is 1.09. The predicted molar refractivity (Wildman–Crippen MR) is 147 cm³/mol. The van der Waals surface area contributed by atoms with Crippen molar-refractivity contribution in [3.8, 4) is 11.4 Å². The third-order valence-corrected chi connectivity index (χ3v) is 7.94. The number of hydrogen-bond acceptors (Lipinski definition) is 5. The van der Waals surface area contributed by atoms with Crippen molar-refractivity contribution in [1.29, 1.82) is 0 Å². The normalized spacial score (nSPS) is 15.6. The van der Waals surface area contributed by atoms with Crippen LogP contribution in [0.25, 0.3) is 5.69 Å². The second kappa shape index (κ2) is 9.58. The van der Waals surface area contributed by atoms with Crippen LogP contribution >= 0.6 is 0 Å². The topological polar surface area (TPSA) is 112 Å². The van der Waals surface area contributed by atoms with Crippen LogP contribution in [0.15, 0.2) is 77.7 Å². The summed E-state index contributed by atoms with van der Waals surface area (Å²) >= 11 is 0. The Kier molecular flexibility index (Phi) is 6.06. The van der Waals surface area contributed by atoms with Gasteiger partial charge in [-0.05, 0) is 79.1 Å². The Morgan fingerprint density at radius 2 is 1.72 bits per heavy atom. The van der Waals surface area contributed by atoms with Gasteiger partial charge in [0.05, 0.1) is 12.8 Å². The minimum Gasteiger partial charge on any atom is -0.497 e. The van der Waals surface area contributed by atoms with Crippen molar-refractivity contribution in [2.75, 3.05) is 18.6 Å². The summed E-state index contributed by atoms with van der Waals surface area (Å²) in [5.41, 5.74) is 9.38. The highest BCUT2D eigenvalue weighted by molar-refractivity contribution is 6.09. The maximum atomic E-state index is 13.8. The SMILES string of the molecule is COc1ccc(-n2nc(C(N)=O)c3c2C(=O)N(c2ccc(C4(CCn5ccccc5=O)CC4)cc2)CC3)cc1. The lowest BCUT2D eigenvalue weighted by Crippen LogP contribution is -2.39. The average Bonchev–Trinajstić information content (AvgIpc) is 3.64. The molecule has 1 saturated carbocycles. The largest absolute Gasteiger partial charge is 0.497 e. The quantitative estimate of drug-likeness (QED) is 0.380. The van der Waals surface area contributed by atoms with Gasteiger partial charge in [-0.25, -0.2) is 4.68 Å². The highest BCUT2D eigenvalue weighted by Gasteiger charge is 2.44. The number of amides is 2. The first kappa shape index (κ1) is 24.7. The van der Waals surface area contributed by atoms with Crippen LogP contribution in [0.4, 0.5) is 5.69 Å². The number of aryl methyl sites for hydroxylation is 1. The Bertz CT molecular complexity index is 1610. The maximum Gasteiger partial charge on any atom is 0.277 e. The van der Waals surface area contributed by atoms with Crippen LogP contribution in [-0.4, -0.2) is 39.8 Å². The number of primary amides is 1. The van der Waals surface area contributed by atoms with Crippen molar-refractivity contribution >= 4 is 17.5 Å². The highest BCUT2D eigenvalue weighted by atomic mass is 16.5. The number of anilines is 1. The Balaban J connectivity index is 1.26. The number of carbonyl (C=O) groups excluding carboxylic acids is 2. The molecule has 0 saturated heterocycles. The number of nitrogens with zero attached hydrogens (tertiary/aromatic N) is 4. The molecule has 2 aliphatic rings. The average molecular weight is 524 g/mol. The van der Waals surface area contributed by atoms with Crippen LogP contribution in [0.1, 0.15) is 51.4 Å². The molecule has 0 radical (unpaired) electrons. The predicted octanol–water partition coefficient (Wildman–Crippen LogP) is 3.47. The lowest BCUT2D eigenvalue weighted by atomic mass is 9.92. The van der Waals surface area contributed by atoms with Crippen molar-refractivity contribution in [1.82, 2.24) is 14.3 Å². The Labute approximate surface area is 225 Å². The van der Waals surface area contributed by atoms with Crippen LogP contribution < -0.4 is 20.9 Å². The molecule has 2 amide bonds. The van der Waals surface area contributed by atoms with E-state index in [9.17, 15) is 14.4 Å². The molecule has 2 aromatic carbocycles. The first-order valence-corrected chi connectivity index (χ1v) is 13.0. The van der Waals surface area contributed by atoms with Crippen LogP contribution in [0, 0.1) is 0 Å². The van der Waals surface area contributed by atoms with Crippen molar-refractivity contribution in [2.24, 2.45) is 5.73 Å². The van der Waals surface area contributed by atoms with Gasteiger partial charge in [-0.1, -0.05) is 18.2 Å². The molecule has 9 heteroatoms. The van der Waals surface area contributed by atoms with E-state index in [0.29, 0.717) is 42.2 Å². The smallest absolute Gasteiger partial charge is 0.277 e. The molecule has 4 aromatic rings. The lowest BCUT2D eigenvalue weighted by molar-refractivity contribution is 0.0972. The number of nitrogens with two attached hydrogens (primary N) is 1. The van der Waals surface area contributed by atoms with Crippen LogP contribution in [0.5, 0.6) is 5.75 Å². The highest BCUT2D eigenvalue weighted by Crippen LogP contribution is 2.51. The third kappa shape index (κ3) is 4.39. The van der Waals surface area contributed by atoms with Gasteiger partial charge >= 0.3 is 0 Å². The zero-order valence-electron chi connectivity index (χ0n) is 21.7. The summed E-state index contributed by atoms with van der Waals surface area (Å²) in [5, 5.41) is 4.43. The van der Waals surface area contributed by atoms with E-state index in [4.69, 9.17) is 10.5 Å². The first-order chi connectivity index (χ1) is 18.9. The number of rotatable bonds is 8. The van der Waals surface area contributed by atoms with Crippen molar-refractivity contribution in [3.05, 3.63) is 106 Å². The lowest BCUT2D eigenvalue weighted by Gasteiger charge is -2.28. The van der Waals surface area contributed by atoms with E-state index in [0.717, 1.165) is 24.9 Å². The van der Waals surface area contributed by atoms with Crippen molar-refractivity contribution < 1.29 is 14.3 Å². The molecule has 1 aliphatic carbocycles. The van der Waals surface area contributed by atoms with E-state index >= 15 is 0 Å². The van der Waals surface area contributed by atoms with Gasteiger partial charge in [0.15, 0.2) is 5.69 Å². The molecule has 0 bridgehead atoms. The van der Waals surface area contributed by atoms with Crippen molar-refractivity contribution in [2.45, 2.75) is 37.6 Å². The number of pyridine rings is 1. The van der Waals surface area contributed by atoms with Crippen LogP contribution in [-0.2, 0) is 18.4 Å². The number of ether oxygens (including phenoxy) is 1. The second-order valence-corrected chi connectivity index (χ2v) is 10.2. The standard InChI is InChI=1S/C30H29N5O4/c1-39-23-11-9-22(10-12-23)35-27-24(26(32-35)28(31)37)13-18-34(29(27)38)21-7-5-20(6-8-21)30(14-15-30)16-19-33-17-3-2-4-25(33)36/h2-12,17H,13-16,18-19H2,1H3,(H2,31,37). The molecule has 0 spiro atoms. The molecule has 198 valence electrons. The van der Waals surface area contributed by atoms with Crippen LogP contribution in [0.2, 0.25) is 0 Å². The molecule has 1 fully saturated rings. The van der Waals surface area contributed by atoms with E-state index in [1.807, 2.05) is 24.4 Å². The van der Waals surface area contributed by atoms with Gasteiger partial charge in [0.1, 0.15) is 11.4 Å². The second-order valence-electron chi connectivity index (χ2n) is 10.2. The summed E-state index contributed by atoms with van der Waals surface area (Å²) in [6.07, 6.45) is 5.35. The Hall–Kier alpha value is -4.66. The van der Waals surface area contributed by atoms with Gasteiger partial charge in [0.2, 0.25) is 5.56 Å². The van der Waals surface area contributed by atoms with E-state index < -0.39 is 5.91 Å². The third-order valence-electron chi connectivity index (χ3n) is 7.94. The van der Waals surface area contributed by atoms with E-state index in [-0.39, 0.29) is 22.6 Å². The van der Waals surface area contributed by atoms with Crippen molar-refractivity contribution in [3.63, 3.8) is 0 Å². The maximum absolute atomic E-state index is 13.8. The molecular formula is C30H29N5O4. The molecule has 2 N–H and O–H groups in total. The fraction of sp³-hybridized carbons (Fsp3) is 0.267. The molecule has 0 atom stereocenters. The van der Waals surface area contributed by atoms with Crippen LogP contribution in [0.3, 0.4) is 0 Å². The minimum absolute atomic E-state index is 0.0139. The number of methoxy groups -OCH3 is 1. The molecular weight excluding hydrogens is 494 g/mol. The monoisotopic (exact) mass is 523 g/mol.